The second-order valence-electron chi connectivity index (χ2n) is 6.14. The van der Waals surface area contributed by atoms with E-state index in [2.05, 4.69) is 26.1 Å². The number of hydrogen-bond donors (Lipinski definition) is 3. The van der Waals surface area contributed by atoms with Crippen LogP contribution in [0.3, 0.4) is 0 Å². The van der Waals surface area contributed by atoms with Crippen LogP contribution in [-0.4, -0.2) is 29.7 Å². The van der Waals surface area contributed by atoms with Gasteiger partial charge in [-0.2, -0.15) is 0 Å². The smallest absolute Gasteiger partial charge is 0.224 e. The van der Waals surface area contributed by atoms with E-state index in [0.29, 0.717) is 6.42 Å². The highest BCUT2D eigenvalue weighted by Gasteiger charge is 2.33. The fraction of sp³-hybridized carbons (Fsp3) is 0.923. The van der Waals surface area contributed by atoms with Gasteiger partial charge in [0, 0.05) is 18.7 Å². The topological polar surface area (TPSA) is 75.3 Å². The fourth-order valence-electron chi connectivity index (χ4n) is 2.44. The zero-order valence-electron chi connectivity index (χ0n) is 11.2. The molecule has 1 fully saturated rings. The van der Waals surface area contributed by atoms with E-state index in [-0.39, 0.29) is 35.9 Å². The van der Waals surface area contributed by atoms with Crippen LogP contribution in [0.2, 0.25) is 0 Å². The third-order valence-electron chi connectivity index (χ3n) is 3.69. The maximum atomic E-state index is 12.1. The molecule has 4 nitrogen and oxygen atoms in total. The molecule has 4 heteroatoms. The van der Waals surface area contributed by atoms with Gasteiger partial charge < -0.3 is 16.2 Å². The van der Waals surface area contributed by atoms with Crippen LogP contribution in [0.4, 0.5) is 0 Å². The second kappa shape index (κ2) is 5.83. The second-order valence-corrected chi connectivity index (χ2v) is 6.14. The number of nitrogens with one attached hydrogen (secondary N) is 1. The molecule has 0 bridgehead atoms. The van der Waals surface area contributed by atoms with Crippen LogP contribution in [0.15, 0.2) is 0 Å². The normalized spacial score (nSPS) is 26.9. The first kappa shape index (κ1) is 14.5. The summed E-state index contributed by atoms with van der Waals surface area (Å²) in [5.41, 5.74) is 5.89. The van der Waals surface area contributed by atoms with Gasteiger partial charge >= 0.3 is 0 Å². The standard InChI is InChI=1S/C13H26N2O2/c1-13(2,3)11(7-8-16)15-12(17)9-5-4-6-10(9)14/h9-11,16H,4-8,14H2,1-3H3,(H,15,17). The number of rotatable bonds is 4. The van der Waals surface area contributed by atoms with Crippen molar-refractivity contribution in [2.24, 2.45) is 17.1 Å². The van der Waals surface area contributed by atoms with Crippen LogP contribution >= 0.6 is 0 Å². The summed E-state index contributed by atoms with van der Waals surface area (Å²) < 4.78 is 0. The Labute approximate surface area is 104 Å². The summed E-state index contributed by atoms with van der Waals surface area (Å²) in [5, 5.41) is 12.1. The number of amides is 1. The number of aliphatic hydroxyl groups excluding tert-OH is 1. The van der Waals surface area contributed by atoms with Crippen molar-refractivity contribution in [3.05, 3.63) is 0 Å². The molecule has 0 spiro atoms. The van der Waals surface area contributed by atoms with Crippen LogP contribution in [0.1, 0.15) is 46.5 Å². The highest BCUT2D eigenvalue weighted by molar-refractivity contribution is 5.80. The lowest BCUT2D eigenvalue weighted by Crippen LogP contribution is -2.48. The summed E-state index contributed by atoms with van der Waals surface area (Å²) in [4.78, 5) is 12.1. The predicted octanol–water partition coefficient (Wildman–Crippen LogP) is 1.03. The number of nitrogens with two attached hydrogens (primary N) is 1. The molecule has 1 saturated carbocycles. The van der Waals surface area contributed by atoms with E-state index in [9.17, 15) is 4.79 Å². The van der Waals surface area contributed by atoms with Crippen LogP contribution in [-0.2, 0) is 4.79 Å². The van der Waals surface area contributed by atoms with E-state index in [1.165, 1.54) is 0 Å². The lowest BCUT2D eigenvalue weighted by molar-refractivity contribution is -0.126. The average molecular weight is 242 g/mol. The number of carbonyl (C=O) groups is 1. The Bertz CT molecular complexity index is 261. The Morgan fingerprint density at radius 2 is 2.12 bits per heavy atom. The quantitative estimate of drug-likeness (QED) is 0.689. The molecule has 0 radical (unpaired) electrons. The Morgan fingerprint density at radius 1 is 1.47 bits per heavy atom. The van der Waals surface area contributed by atoms with Gasteiger partial charge in [0.15, 0.2) is 0 Å². The van der Waals surface area contributed by atoms with Gasteiger partial charge in [-0.25, -0.2) is 0 Å². The summed E-state index contributed by atoms with van der Waals surface area (Å²) in [5.74, 6) is 0.0157. The zero-order valence-corrected chi connectivity index (χ0v) is 11.2. The molecule has 0 saturated heterocycles. The molecule has 0 aromatic rings. The van der Waals surface area contributed by atoms with E-state index >= 15 is 0 Å². The van der Waals surface area contributed by atoms with Crippen molar-refractivity contribution in [3.8, 4) is 0 Å². The Kier molecular flexibility index (Phi) is 4.95. The fourth-order valence-corrected chi connectivity index (χ4v) is 2.44. The van der Waals surface area contributed by atoms with Crippen molar-refractivity contribution >= 4 is 5.91 Å². The summed E-state index contributed by atoms with van der Waals surface area (Å²) in [6.45, 7) is 6.31. The van der Waals surface area contributed by atoms with E-state index in [0.717, 1.165) is 19.3 Å². The molecular formula is C13H26N2O2. The van der Waals surface area contributed by atoms with Gasteiger partial charge in [0.1, 0.15) is 0 Å². The molecular weight excluding hydrogens is 216 g/mol. The van der Waals surface area contributed by atoms with E-state index in [4.69, 9.17) is 10.8 Å². The molecule has 0 aromatic carbocycles. The lowest BCUT2D eigenvalue weighted by atomic mass is 9.84. The predicted molar refractivity (Wildman–Crippen MR) is 68.4 cm³/mol. The van der Waals surface area contributed by atoms with Gasteiger partial charge in [-0.15, -0.1) is 0 Å². The first-order valence-electron chi connectivity index (χ1n) is 6.53. The third kappa shape index (κ3) is 3.96. The molecule has 1 amide bonds. The monoisotopic (exact) mass is 242 g/mol. The molecule has 0 heterocycles. The highest BCUT2D eigenvalue weighted by Crippen LogP contribution is 2.26. The number of aliphatic hydroxyl groups is 1. The zero-order chi connectivity index (χ0) is 13.1. The van der Waals surface area contributed by atoms with E-state index < -0.39 is 0 Å². The maximum Gasteiger partial charge on any atom is 0.224 e. The molecule has 0 aromatic heterocycles. The Morgan fingerprint density at radius 3 is 2.53 bits per heavy atom. The van der Waals surface area contributed by atoms with Crippen molar-refractivity contribution in [1.82, 2.24) is 5.32 Å². The van der Waals surface area contributed by atoms with Crippen LogP contribution in [0.25, 0.3) is 0 Å². The molecule has 4 N–H and O–H groups in total. The van der Waals surface area contributed by atoms with Gasteiger partial charge in [0.25, 0.3) is 0 Å². The Hall–Kier alpha value is -0.610. The molecule has 3 atom stereocenters. The van der Waals surface area contributed by atoms with Gasteiger partial charge in [0.05, 0.1) is 5.92 Å². The van der Waals surface area contributed by atoms with Crippen LogP contribution < -0.4 is 11.1 Å². The van der Waals surface area contributed by atoms with Crippen LogP contribution in [0.5, 0.6) is 0 Å². The minimum Gasteiger partial charge on any atom is -0.396 e. The molecule has 1 aliphatic carbocycles. The highest BCUT2D eigenvalue weighted by atomic mass is 16.3. The first-order chi connectivity index (χ1) is 7.86. The van der Waals surface area contributed by atoms with Crippen LogP contribution in [0, 0.1) is 11.3 Å². The van der Waals surface area contributed by atoms with Gasteiger partial charge in [0.2, 0.25) is 5.91 Å². The van der Waals surface area contributed by atoms with Crippen molar-refractivity contribution in [3.63, 3.8) is 0 Å². The molecule has 1 rings (SSSR count). The summed E-state index contributed by atoms with van der Waals surface area (Å²) >= 11 is 0. The van der Waals surface area contributed by atoms with Gasteiger partial charge in [-0.05, 0) is 24.7 Å². The molecule has 1 aliphatic rings. The van der Waals surface area contributed by atoms with Crippen molar-refractivity contribution in [2.75, 3.05) is 6.61 Å². The minimum absolute atomic E-state index is 0.00439. The molecule has 17 heavy (non-hydrogen) atoms. The largest absolute Gasteiger partial charge is 0.396 e. The summed E-state index contributed by atoms with van der Waals surface area (Å²) in [7, 11) is 0. The van der Waals surface area contributed by atoms with Crippen molar-refractivity contribution in [2.45, 2.75) is 58.5 Å². The van der Waals surface area contributed by atoms with E-state index in [1.807, 2.05) is 0 Å². The van der Waals surface area contributed by atoms with Gasteiger partial charge in [-0.1, -0.05) is 27.2 Å². The SMILES string of the molecule is CC(C)(C)C(CCO)NC(=O)C1CCCC1N. The average Bonchev–Trinajstić information content (AvgIpc) is 2.62. The molecule has 3 unspecified atom stereocenters. The Balaban J connectivity index is 2.57. The minimum atomic E-state index is -0.0430. The number of carbonyl (C=O) groups excluding carboxylic acids is 1. The summed E-state index contributed by atoms with van der Waals surface area (Å²) in [6.07, 6.45) is 3.47. The first-order valence-corrected chi connectivity index (χ1v) is 6.53. The lowest BCUT2D eigenvalue weighted by Gasteiger charge is -2.32. The number of hydrogen-bond acceptors (Lipinski definition) is 3. The molecule has 0 aliphatic heterocycles. The maximum absolute atomic E-state index is 12.1. The van der Waals surface area contributed by atoms with Crippen molar-refractivity contribution < 1.29 is 9.90 Å². The third-order valence-corrected chi connectivity index (χ3v) is 3.69. The van der Waals surface area contributed by atoms with Crippen molar-refractivity contribution in [1.29, 1.82) is 0 Å². The van der Waals surface area contributed by atoms with Gasteiger partial charge in [-0.3, -0.25) is 4.79 Å². The van der Waals surface area contributed by atoms with E-state index in [1.54, 1.807) is 0 Å². The molecule has 100 valence electrons. The summed E-state index contributed by atoms with van der Waals surface area (Å²) in [6, 6.07) is 0.0116.